The molecule has 2 aromatic rings. The van der Waals surface area contributed by atoms with Crippen LogP contribution < -0.4 is 5.32 Å². The van der Waals surface area contributed by atoms with E-state index in [2.05, 4.69) is 39.6 Å². The summed E-state index contributed by atoms with van der Waals surface area (Å²) in [7, 11) is 0. The lowest BCUT2D eigenvalue weighted by atomic mass is 10.0. The molecule has 1 saturated heterocycles. The van der Waals surface area contributed by atoms with Gasteiger partial charge in [-0.25, -0.2) is 0 Å². The van der Waals surface area contributed by atoms with Crippen molar-refractivity contribution in [3.63, 3.8) is 0 Å². The summed E-state index contributed by atoms with van der Waals surface area (Å²) in [5.74, 6) is -0.564. The molecule has 1 aromatic carbocycles. The molecule has 0 radical (unpaired) electrons. The molecular formula is C18H24N4O2. The average molecular weight is 328 g/mol. The van der Waals surface area contributed by atoms with Crippen LogP contribution in [0.15, 0.2) is 42.7 Å². The largest absolute Gasteiger partial charge is 0.481 e. The number of carbonyl (C=O) groups is 1. The number of rotatable bonds is 6. The zero-order valence-corrected chi connectivity index (χ0v) is 13.8. The molecule has 6 nitrogen and oxygen atoms in total. The standard InChI is InChI=1S/C18H24N4O2/c23-18(24)10-15-11-19-7-9-21(12-15)13-16-4-1-2-5-17(16)14-22-8-3-6-20-22/h1-6,8,15,19H,7,9-14H2,(H,23,24). The van der Waals surface area contributed by atoms with Crippen LogP contribution in [0.4, 0.5) is 0 Å². The number of aromatic nitrogens is 2. The van der Waals surface area contributed by atoms with E-state index in [9.17, 15) is 4.79 Å². The van der Waals surface area contributed by atoms with Crippen molar-refractivity contribution in [2.75, 3.05) is 26.2 Å². The molecule has 1 aromatic heterocycles. The molecule has 1 unspecified atom stereocenters. The summed E-state index contributed by atoms with van der Waals surface area (Å²) < 4.78 is 1.93. The van der Waals surface area contributed by atoms with Gasteiger partial charge in [0.25, 0.3) is 0 Å². The molecule has 128 valence electrons. The second-order valence-electron chi connectivity index (χ2n) is 6.38. The van der Waals surface area contributed by atoms with E-state index >= 15 is 0 Å². The molecule has 0 amide bonds. The van der Waals surface area contributed by atoms with Gasteiger partial charge in [-0.15, -0.1) is 0 Å². The van der Waals surface area contributed by atoms with Gasteiger partial charge in [0, 0.05) is 38.6 Å². The van der Waals surface area contributed by atoms with E-state index in [0.29, 0.717) is 0 Å². The number of hydrogen-bond acceptors (Lipinski definition) is 4. The molecule has 1 aliphatic rings. The van der Waals surface area contributed by atoms with Crippen LogP contribution in [0.3, 0.4) is 0 Å². The second-order valence-corrected chi connectivity index (χ2v) is 6.38. The summed E-state index contributed by atoms with van der Waals surface area (Å²) in [6.07, 6.45) is 3.98. The van der Waals surface area contributed by atoms with Crippen LogP contribution in [0.2, 0.25) is 0 Å². The monoisotopic (exact) mass is 328 g/mol. The zero-order valence-electron chi connectivity index (χ0n) is 13.8. The predicted molar refractivity (Wildman–Crippen MR) is 91.7 cm³/mol. The lowest BCUT2D eigenvalue weighted by Crippen LogP contribution is -2.31. The van der Waals surface area contributed by atoms with E-state index < -0.39 is 5.97 Å². The topological polar surface area (TPSA) is 70.4 Å². The van der Waals surface area contributed by atoms with E-state index in [1.807, 2.05) is 16.9 Å². The number of nitrogens with one attached hydrogen (secondary N) is 1. The van der Waals surface area contributed by atoms with Gasteiger partial charge < -0.3 is 10.4 Å². The fraction of sp³-hybridized carbons (Fsp3) is 0.444. The third kappa shape index (κ3) is 4.66. The van der Waals surface area contributed by atoms with Gasteiger partial charge >= 0.3 is 5.97 Å². The SMILES string of the molecule is O=C(O)CC1CNCCN(Cc2ccccc2Cn2cccn2)C1. The summed E-state index contributed by atoms with van der Waals surface area (Å²) >= 11 is 0. The van der Waals surface area contributed by atoms with Crippen molar-refractivity contribution in [3.8, 4) is 0 Å². The van der Waals surface area contributed by atoms with E-state index in [-0.39, 0.29) is 12.3 Å². The van der Waals surface area contributed by atoms with E-state index in [4.69, 9.17) is 5.11 Å². The lowest BCUT2D eigenvalue weighted by molar-refractivity contribution is -0.138. The molecule has 24 heavy (non-hydrogen) atoms. The molecule has 1 aliphatic heterocycles. The van der Waals surface area contributed by atoms with Crippen LogP contribution in [0.25, 0.3) is 0 Å². The van der Waals surface area contributed by atoms with Crippen LogP contribution in [0.1, 0.15) is 17.5 Å². The maximum Gasteiger partial charge on any atom is 0.303 e. The predicted octanol–water partition coefficient (Wildman–Crippen LogP) is 1.43. The van der Waals surface area contributed by atoms with Crippen LogP contribution in [0.5, 0.6) is 0 Å². The number of carboxylic acid groups (broad SMARTS) is 1. The molecule has 1 fully saturated rings. The average Bonchev–Trinajstić information content (AvgIpc) is 2.96. The Hall–Kier alpha value is -2.18. The van der Waals surface area contributed by atoms with Crippen LogP contribution in [-0.4, -0.2) is 51.9 Å². The molecular weight excluding hydrogens is 304 g/mol. The quantitative estimate of drug-likeness (QED) is 0.839. The van der Waals surface area contributed by atoms with Crippen molar-refractivity contribution in [1.82, 2.24) is 20.0 Å². The molecule has 6 heteroatoms. The Bertz CT molecular complexity index is 657. The summed E-state index contributed by atoms with van der Waals surface area (Å²) in [6, 6.07) is 10.3. The van der Waals surface area contributed by atoms with Crippen LogP contribution in [0, 0.1) is 5.92 Å². The normalized spacial score (nSPS) is 19.1. The van der Waals surface area contributed by atoms with Crippen molar-refractivity contribution in [2.45, 2.75) is 19.5 Å². The Kier molecular flexibility index (Phi) is 5.61. The van der Waals surface area contributed by atoms with Gasteiger partial charge in [-0.3, -0.25) is 14.4 Å². The maximum atomic E-state index is 11.0. The lowest BCUT2D eigenvalue weighted by Gasteiger charge is -2.24. The Labute approximate surface area is 142 Å². The third-order valence-corrected chi connectivity index (χ3v) is 4.42. The van der Waals surface area contributed by atoms with Gasteiger partial charge in [-0.2, -0.15) is 5.10 Å². The first kappa shape index (κ1) is 16.7. The maximum absolute atomic E-state index is 11.0. The molecule has 2 N–H and O–H groups in total. The zero-order chi connectivity index (χ0) is 16.8. The number of nitrogens with zero attached hydrogens (tertiary/aromatic N) is 3. The van der Waals surface area contributed by atoms with Gasteiger partial charge in [0.15, 0.2) is 0 Å². The van der Waals surface area contributed by atoms with Gasteiger partial charge in [0.2, 0.25) is 0 Å². The number of hydrogen-bond donors (Lipinski definition) is 2. The summed E-state index contributed by atoms with van der Waals surface area (Å²) in [6.45, 7) is 5.03. The van der Waals surface area contributed by atoms with Crippen molar-refractivity contribution < 1.29 is 9.90 Å². The molecule has 0 aliphatic carbocycles. The highest BCUT2D eigenvalue weighted by molar-refractivity contribution is 5.67. The Morgan fingerprint density at radius 3 is 2.75 bits per heavy atom. The number of aliphatic carboxylic acids is 1. The summed E-state index contributed by atoms with van der Waals surface area (Å²) in [5.41, 5.74) is 2.54. The second kappa shape index (κ2) is 8.08. The van der Waals surface area contributed by atoms with Crippen LogP contribution in [-0.2, 0) is 17.9 Å². The highest BCUT2D eigenvalue weighted by Crippen LogP contribution is 2.16. The fourth-order valence-corrected chi connectivity index (χ4v) is 3.27. The van der Waals surface area contributed by atoms with Gasteiger partial charge in [0.1, 0.15) is 0 Å². The number of carboxylic acids is 1. The fourth-order valence-electron chi connectivity index (χ4n) is 3.27. The molecule has 3 rings (SSSR count). The Morgan fingerprint density at radius 2 is 2.04 bits per heavy atom. The minimum absolute atomic E-state index is 0.156. The Morgan fingerprint density at radius 1 is 1.25 bits per heavy atom. The Balaban J connectivity index is 1.69. The highest BCUT2D eigenvalue weighted by Gasteiger charge is 2.21. The molecule has 0 spiro atoms. The van der Waals surface area contributed by atoms with Crippen molar-refractivity contribution in [3.05, 3.63) is 53.9 Å². The van der Waals surface area contributed by atoms with Crippen molar-refractivity contribution in [1.29, 1.82) is 0 Å². The minimum atomic E-state index is -0.720. The minimum Gasteiger partial charge on any atom is -0.481 e. The van der Waals surface area contributed by atoms with E-state index in [0.717, 1.165) is 39.3 Å². The smallest absolute Gasteiger partial charge is 0.303 e. The third-order valence-electron chi connectivity index (χ3n) is 4.42. The van der Waals surface area contributed by atoms with Crippen molar-refractivity contribution in [2.24, 2.45) is 5.92 Å². The molecule has 1 atom stereocenters. The first-order valence-electron chi connectivity index (χ1n) is 8.40. The molecule has 0 bridgehead atoms. The van der Waals surface area contributed by atoms with E-state index in [1.54, 1.807) is 6.20 Å². The first-order valence-corrected chi connectivity index (χ1v) is 8.40. The molecule has 0 saturated carbocycles. The summed E-state index contributed by atoms with van der Waals surface area (Å²) in [5, 5.41) is 16.7. The van der Waals surface area contributed by atoms with Gasteiger partial charge in [-0.1, -0.05) is 24.3 Å². The first-order chi connectivity index (χ1) is 11.7. The van der Waals surface area contributed by atoms with Gasteiger partial charge in [-0.05, 0) is 29.7 Å². The highest BCUT2D eigenvalue weighted by atomic mass is 16.4. The van der Waals surface area contributed by atoms with E-state index in [1.165, 1.54) is 11.1 Å². The number of benzene rings is 1. The molecule has 2 heterocycles. The van der Waals surface area contributed by atoms with Crippen molar-refractivity contribution >= 4 is 5.97 Å². The summed E-state index contributed by atoms with van der Waals surface area (Å²) in [4.78, 5) is 13.4. The van der Waals surface area contributed by atoms with Gasteiger partial charge in [0.05, 0.1) is 13.0 Å². The van der Waals surface area contributed by atoms with Crippen LogP contribution >= 0.6 is 0 Å².